The molecule has 1 aliphatic rings. The number of ketones is 1. The number of Topliss-reactive ketones (excluding diaryl/α,β-unsaturated/α-hetero) is 1. The number of rotatable bonds is 1. The van der Waals surface area contributed by atoms with Gasteiger partial charge in [-0.15, -0.1) is 0 Å². The van der Waals surface area contributed by atoms with Crippen molar-refractivity contribution < 1.29 is 4.79 Å². The van der Waals surface area contributed by atoms with Crippen LogP contribution in [-0.4, -0.2) is 15.6 Å². The fourth-order valence-corrected chi connectivity index (χ4v) is 3.69. The van der Waals surface area contributed by atoms with Crippen LogP contribution in [0.4, 0.5) is 0 Å². The number of H-pyrrole nitrogens is 1. The number of halogens is 1. The number of nitrogens with one attached hydrogen (secondary N) is 1. The highest BCUT2D eigenvalue weighted by Crippen LogP contribution is 2.38. The Morgan fingerprint density at radius 3 is 1.93 bits per heavy atom. The van der Waals surface area contributed by atoms with Gasteiger partial charge in [0.05, 0.1) is 21.3 Å². The number of benzene rings is 1. The van der Waals surface area contributed by atoms with Gasteiger partial charge >= 0.3 is 0 Å². The first-order valence-corrected chi connectivity index (χ1v) is 9.98. The number of hydrogen-bond donors (Lipinski definition) is 1. The lowest BCUT2D eigenvalue weighted by Gasteiger charge is -2.31. The molecule has 0 atom stereocenters. The standard InChI is InChI=1S/C24H27ClN2O2/c1-14-20(22(29)27(26-14)19-11-9-8-10-18(19)25)15-12-16(23(2,3)4)21(28)17(13-15)24(5,6)7/h8-13,26H,1H2,2-7H3. The molecule has 5 heteroatoms. The zero-order chi connectivity index (χ0) is 21.7. The fourth-order valence-electron chi connectivity index (χ4n) is 3.47. The number of carbonyl (C=O) groups is 1. The molecule has 0 bridgehead atoms. The molecule has 0 radical (unpaired) electrons. The van der Waals surface area contributed by atoms with Crippen LogP contribution in [0.25, 0.3) is 17.8 Å². The SMILES string of the molecule is C=c1[nH]n(-c2ccccc2Cl)c(=O)c1=C1C=C(C(C)(C)C)C(=O)C(C(C)(C)C)=C1. The lowest BCUT2D eigenvalue weighted by atomic mass is 9.72. The fraction of sp³-hybridized carbons (Fsp3) is 0.333. The molecular formula is C24H27ClN2O2. The Bertz CT molecular complexity index is 1190. The molecule has 2 aromatic rings. The summed E-state index contributed by atoms with van der Waals surface area (Å²) in [6.07, 6.45) is 3.65. The molecule has 3 rings (SSSR count). The normalized spacial score (nSPS) is 15.4. The van der Waals surface area contributed by atoms with E-state index in [1.54, 1.807) is 12.1 Å². The minimum Gasteiger partial charge on any atom is -0.291 e. The highest BCUT2D eigenvalue weighted by atomic mass is 35.5. The van der Waals surface area contributed by atoms with Gasteiger partial charge in [-0.05, 0) is 40.7 Å². The molecule has 1 aromatic heterocycles. The van der Waals surface area contributed by atoms with Crippen LogP contribution >= 0.6 is 11.6 Å². The Kier molecular flexibility index (Phi) is 5.12. The minimum absolute atomic E-state index is 0.0290. The average Bonchev–Trinajstić information content (AvgIpc) is 2.88. The van der Waals surface area contributed by atoms with Gasteiger partial charge < -0.3 is 0 Å². The quantitative estimate of drug-likeness (QED) is 0.774. The monoisotopic (exact) mass is 410 g/mol. The lowest BCUT2D eigenvalue weighted by molar-refractivity contribution is -0.114. The third-order valence-corrected chi connectivity index (χ3v) is 5.37. The van der Waals surface area contributed by atoms with Crippen molar-refractivity contribution in [2.45, 2.75) is 41.5 Å². The Morgan fingerprint density at radius 2 is 1.45 bits per heavy atom. The van der Waals surface area contributed by atoms with Crippen LogP contribution in [0.15, 0.2) is 52.4 Å². The van der Waals surface area contributed by atoms with Crippen LogP contribution < -0.4 is 16.1 Å². The number of para-hydroxylation sites is 1. The van der Waals surface area contributed by atoms with Gasteiger partial charge in [-0.2, -0.15) is 0 Å². The van der Waals surface area contributed by atoms with Gasteiger partial charge in [-0.25, -0.2) is 4.68 Å². The summed E-state index contributed by atoms with van der Waals surface area (Å²) in [5.74, 6) is 0.0290. The van der Waals surface area contributed by atoms with Crippen molar-refractivity contribution in [3.63, 3.8) is 0 Å². The van der Waals surface area contributed by atoms with Crippen LogP contribution in [0, 0.1) is 10.8 Å². The molecule has 0 aliphatic heterocycles. The van der Waals surface area contributed by atoms with E-state index in [0.29, 0.717) is 38.0 Å². The second-order valence-electron chi connectivity index (χ2n) is 9.46. The number of aromatic amines is 1. The van der Waals surface area contributed by atoms with Crippen molar-refractivity contribution in [1.82, 2.24) is 9.78 Å². The first kappa shape index (κ1) is 21.1. The Balaban J connectivity index is 2.41. The maximum absolute atomic E-state index is 13.3. The Hall–Kier alpha value is -2.59. The summed E-state index contributed by atoms with van der Waals surface area (Å²) in [5, 5.41) is 4.42. The maximum atomic E-state index is 13.3. The van der Waals surface area contributed by atoms with Gasteiger partial charge in [0.2, 0.25) is 0 Å². The second kappa shape index (κ2) is 7.03. The number of hydrogen-bond acceptors (Lipinski definition) is 2. The topological polar surface area (TPSA) is 54.9 Å². The molecule has 0 amide bonds. The largest absolute Gasteiger partial charge is 0.291 e. The van der Waals surface area contributed by atoms with Gasteiger partial charge in [0.15, 0.2) is 5.78 Å². The van der Waals surface area contributed by atoms with E-state index in [0.717, 1.165) is 0 Å². The summed E-state index contributed by atoms with van der Waals surface area (Å²) in [7, 11) is 0. The highest BCUT2D eigenvalue weighted by Gasteiger charge is 2.34. The summed E-state index contributed by atoms with van der Waals surface area (Å²) in [5.41, 5.74) is 1.66. The zero-order valence-electron chi connectivity index (χ0n) is 17.8. The average molecular weight is 411 g/mol. The van der Waals surface area contributed by atoms with E-state index in [-0.39, 0.29) is 22.2 Å². The molecule has 1 N–H and O–H groups in total. The van der Waals surface area contributed by atoms with E-state index in [9.17, 15) is 9.59 Å². The van der Waals surface area contributed by atoms with Gasteiger partial charge in [0.1, 0.15) is 0 Å². The van der Waals surface area contributed by atoms with E-state index in [1.807, 2.05) is 65.8 Å². The van der Waals surface area contributed by atoms with Gasteiger partial charge in [0, 0.05) is 11.1 Å². The zero-order valence-corrected chi connectivity index (χ0v) is 18.6. The van der Waals surface area contributed by atoms with Gasteiger partial charge in [-0.3, -0.25) is 14.7 Å². The smallest absolute Gasteiger partial charge is 0.279 e. The minimum atomic E-state index is -0.355. The van der Waals surface area contributed by atoms with Crippen LogP contribution in [0.2, 0.25) is 5.02 Å². The van der Waals surface area contributed by atoms with E-state index >= 15 is 0 Å². The third-order valence-electron chi connectivity index (χ3n) is 5.05. The Morgan fingerprint density at radius 1 is 0.931 bits per heavy atom. The van der Waals surface area contributed by atoms with E-state index in [2.05, 4.69) is 11.7 Å². The van der Waals surface area contributed by atoms with Crippen molar-refractivity contribution in [2.75, 3.05) is 0 Å². The molecular weight excluding hydrogens is 384 g/mol. The number of aromatic nitrogens is 2. The molecule has 1 aromatic carbocycles. The predicted molar refractivity (Wildman–Crippen MR) is 120 cm³/mol. The molecule has 4 nitrogen and oxygen atoms in total. The molecule has 0 spiro atoms. The van der Waals surface area contributed by atoms with E-state index < -0.39 is 0 Å². The molecule has 152 valence electrons. The molecule has 0 fully saturated rings. The van der Waals surface area contributed by atoms with Crippen LogP contribution in [0.3, 0.4) is 0 Å². The van der Waals surface area contributed by atoms with Crippen molar-refractivity contribution in [3.8, 4) is 5.69 Å². The molecule has 1 aliphatic carbocycles. The molecule has 0 unspecified atom stereocenters. The van der Waals surface area contributed by atoms with Crippen molar-refractivity contribution in [1.29, 1.82) is 0 Å². The maximum Gasteiger partial charge on any atom is 0.279 e. The van der Waals surface area contributed by atoms with E-state index in [4.69, 9.17) is 11.6 Å². The van der Waals surface area contributed by atoms with Crippen molar-refractivity contribution >= 4 is 29.5 Å². The molecule has 0 saturated carbocycles. The van der Waals surface area contributed by atoms with E-state index in [1.165, 1.54) is 4.68 Å². The van der Waals surface area contributed by atoms with Crippen molar-refractivity contribution in [3.05, 3.63) is 73.5 Å². The summed E-state index contributed by atoms with van der Waals surface area (Å²) < 4.78 is 1.40. The highest BCUT2D eigenvalue weighted by molar-refractivity contribution is 6.32. The lowest BCUT2D eigenvalue weighted by Crippen LogP contribution is -2.37. The van der Waals surface area contributed by atoms with Crippen LogP contribution in [0.5, 0.6) is 0 Å². The Labute approximate surface area is 175 Å². The van der Waals surface area contributed by atoms with Gasteiger partial charge in [-0.1, -0.05) is 71.9 Å². The third kappa shape index (κ3) is 3.82. The first-order chi connectivity index (χ1) is 13.3. The summed E-state index contributed by atoms with van der Waals surface area (Å²) in [6.45, 7) is 16.1. The molecule has 0 saturated heterocycles. The van der Waals surface area contributed by atoms with Crippen LogP contribution in [-0.2, 0) is 4.79 Å². The number of allylic oxidation sites excluding steroid dienone is 4. The van der Waals surface area contributed by atoms with Crippen LogP contribution in [0.1, 0.15) is 41.5 Å². The van der Waals surface area contributed by atoms with Crippen molar-refractivity contribution in [2.24, 2.45) is 10.8 Å². The summed E-state index contributed by atoms with van der Waals surface area (Å²) in [4.78, 5) is 26.5. The number of carbonyl (C=O) groups excluding carboxylic acids is 1. The first-order valence-electron chi connectivity index (χ1n) is 9.60. The number of nitrogens with zero attached hydrogens (tertiary/aromatic N) is 1. The molecule has 1 heterocycles. The predicted octanol–water partition coefficient (Wildman–Crippen LogP) is 3.91. The van der Waals surface area contributed by atoms with Gasteiger partial charge in [0.25, 0.3) is 5.56 Å². The molecule has 29 heavy (non-hydrogen) atoms. The second-order valence-corrected chi connectivity index (χ2v) is 9.87. The summed E-state index contributed by atoms with van der Waals surface area (Å²) >= 11 is 6.29. The summed E-state index contributed by atoms with van der Waals surface area (Å²) in [6, 6.07) is 7.13.